The van der Waals surface area contributed by atoms with E-state index in [-0.39, 0.29) is 11.3 Å². The minimum absolute atomic E-state index is 0.0430. The molecule has 0 amide bonds. The van der Waals surface area contributed by atoms with Gasteiger partial charge in [0.2, 0.25) is 0 Å². The third-order valence-corrected chi connectivity index (χ3v) is 3.47. The van der Waals surface area contributed by atoms with E-state index in [9.17, 15) is 9.18 Å². The second-order valence-corrected chi connectivity index (χ2v) is 5.02. The molecule has 6 heteroatoms. The highest BCUT2D eigenvalue weighted by molar-refractivity contribution is 5.90. The molecular weight excluding hydrogens is 261 g/mol. The largest absolute Gasteiger partial charge is 0.461 e. The zero-order valence-electron chi connectivity index (χ0n) is 11.6. The monoisotopic (exact) mass is 281 g/mol. The topological polar surface area (TPSA) is 58.8 Å². The first-order valence-corrected chi connectivity index (χ1v) is 6.69. The van der Waals surface area contributed by atoms with Crippen molar-refractivity contribution >= 4 is 11.7 Å². The molecular formula is C14H20FN3O2. The van der Waals surface area contributed by atoms with Gasteiger partial charge in [-0.3, -0.25) is 4.90 Å². The van der Waals surface area contributed by atoms with Gasteiger partial charge >= 0.3 is 5.97 Å². The van der Waals surface area contributed by atoms with Gasteiger partial charge in [-0.15, -0.1) is 0 Å². The summed E-state index contributed by atoms with van der Waals surface area (Å²) in [6.07, 6.45) is 0. The summed E-state index contributed by atoms with van der Waals surface area (Å²) >= 11 is 0. The second kappa shape index (κ2) is 6.67. The number of nitrogens with two attached hydrogens (primary N) is 1. The van der Waals surface area contributed by atoms with Crippen molar-refractivity contribution in [3.8, 4) is 0 Å². The van der Waals surface area contributed by atoms with Gasteiger partial charge in [0, 0.05) is 32.7 Å². The lowest BCUT2D eigenvalue weighted by molar-refractivity contribution is 0.0432. The Morgan fingerprint density at radius 2 is 2.05 bits per heavy atom. The molecule has 0 aromatic heterocycles. The molecule has 1 fully saturated rings. The predicted octanol–water partition coefficient (Wildman–Crippen LogP) is 0.812. The fourth-order valence-electron chi connectivity index (χ4n) is 2.09. The number of ether oxygens (including phenoxy) is 1. The van der Waals surface area contributed by atoms with E-state index in [1.807, 2.05) is 0 Å². The molecule has 1 aromatic carbocycles. The molecule has 1 saturated heterocycles. The number of carbonyl (C=O) groups excluding carboxylic acids is 1. The minimum Gasteiger partial charge on any atom is -0.461 e. The lowest BCUT2D eigenvalue weighted by atomic mass is 10.2. The van der Waals surface area contributed by atoms with Crippen molar-refractivity contribution in [2.24, 2.45) is 0 Å². The molecule has 1 heterocycles. The van der Waals surface area contributed by atoms with Crippen LogP contribution in [0.1, 0.15) is 10.4 Å². The molecule has 5 nitrogen and oxygen atoms in total. The van der Waals surface area contributed by atoms with E-state index in [0.29, 0.717) is 6.61 Å². The first-order chi connectivity index (χ1) is 9.56. The third-order valence-electron chi connectivity index (χ3n) is 3.47. The Morgan fingerprint density at radius 1 is 1.35 bits per heavy atom. The molecule has 2 rings (SSSR count). The molecule has 1 aromatic rings. The molecule has 1 aliphatic rings. The molecule has 0 spiro atoms. The highest BCUT2D eigenvalue weighted by Gasteiger charge is 2.14. The van der Waals surface area contributed by atoms with Crippen LogP contribution in [0.4, 0.5) is 10.1 Å². The van der Waals surface area contributed by atoms with Crippen LogP contribution in [0.15, 0.2) is 18.2 Å². The summed E-state index contributed by atoms with van der Waals surface area (Å²) in [6.45, 7) is 5.08. The van der Waals surface area contributed by atoms with E-state index in [1.54, 1.807) is 0 Å². The Balaban J connectivity index is 1.76. The number of hydrogen-bond acceptors (Lipinski definition) is 5. The van der Waals surface area contributed by atoms with Crippen molar-refractivity contribution in [3.05, 3.63) is 29.6 Å². The number of nitrogens with zero attached hydrogens (tertiary/aromatic N) is 2. The first kappa shape index (κ1) is 14.7. The maximum atomic E-state index is 13.0. The molecule has 1 aliphatic heterocycles. The van der Waals surface area contributed by atoms with E-state index < -0.39 is 11.8 Å². The fourth-order valence-corrected chi connectivity index (χ4v) is 2.09. The van der Waals surface area contributed by atoms with E-state index in [4.69, 9.17) is 10.5 Å². The van der Waals surface area contributed by atoms with Gasteiger partial charge < -0.3 is 15.4 Å². The number of likely N-dealkylation sites (N-methyl/N-ethyl adjacent to an activating group) is 1. The quantitative estimate of drug-likeness (QED) is 0.654. The summed E-state index contributed by atoms with van der Waals surface area (Å²) in [6, 6.07) is 3.85. The zero-order chi connectivity index (χ0) is 14.5. The van der Waals surface area contributed by atoms with Gasteiger partial charge in [-0.25, -0.2) is 9.18 Å². The summed E-state index contributed by atoms with van der Waals surface area (Å²) in [5, 5.41) is 0. The van der Waals surface area contributed by atoms with Crippen molar-refractivity contribution in [1.29, 1.82) is 0 Å². The number of piperazine rings is 1. The number of halogens is 1. The van der Waals surface area contributed by atoms with E-state index in [1.165, 1.54) is 18.2 Å². The van der Waals surface area contributed by atoms with Crippen molar-refractivity contribution < 1.29 is 13.9 Å². The van der Waals surface area contributed by atoms with E-state index in [2.05, 4.69) is 16.8 Å². The highest BCUT2D eigenvalue weighted by atomic mass is 19.1. The summed E-state index contributed by atoms with van der Waals surface area (Å²) in [7, 11) is 2.09. The molecule has 0 aliphatic carbocycles. The Bertz CT molecular complexity index is 473. The third kappa shape index (κ3) is 3.91. The van der Waals surface area contributed by atoms with Gasteiger partial charge in [0.1, 0.15) is 12.4 Å². The van der Waals surface area contributed by atoms with Crippen LogP contribution in [0, 0.1) is 5.82 Å². The maximum absolute atomic E-state index is 13.0. The summed E-state index contributed by atoms with van der Waals surface area (Å²) in [5.74, 6) is -0.996. The molecule has 0 radical (unpaired) electrons. The van der Waals surface area contributed by atoms with Crippen LogP contribution >= 0.6 is 0 Å². The number of benzene rings is 1. The fraction of sp³-hybridized carbons (Fsp3) is 0.500. The number of rotatable bonds is 4. The van der Waals surface area contributed by atoms with Gasteiger partial charge in [0.15, 0.2) is 0 Å². The van der Waals surface area contributed by atoms with Crippen molar-refractivity contribution in [2.75, 3.05) is 52.1 Å². The standard InChI is InChI=1S/C14H20FN3O2/c1-17-4-6-18(7-5-17)8-9-20-14(19)11-2-3-12(15)13(16)10-11/h2-3,10H,4-9,16H2,1H3. The van der Waals surface area contributed by atoms with E-state index >= 15 is 0 Å². The lowest BCUT2D eigenvalue weighted by Gasteiger charge is -2.32. The summed E-state index contributed by atoms with van der Waals surface area (Å²) < 4.78 is 18.2. The van der Waals surface area contributed by atoms with Gasteiger partial charge in [-0.05, 0) is 25.2 Å². The average molecular weight is 281 g/mol. The molecule has 0 unspecified atom stereocenters. The normalized spacial score (nSPS) is 17.1. The Kier molecular flexibility index (Phi) is 4.92. The smallest absolute Gasteiger partial charge is 0.338 e. The lowest BCUT2D eigenvalue weighted by Crippen LogP contribution is -2.45. The molecule has 0 bridgehead atoms. The first-order valence-electron chi connectivity index (χ1n) is 6.69. The molecule has 0 atom stereocenters. The number of esters is 1. The van der Waals surface area contributed by atoms with E-state index in [0.717, 1.165) is 32.7 Å². The number of carbonyl (C=O) groups is 1. The van der Waals surface area contributed by atoms with Crippen molar-refractivity contribution in [2.45, 2.75) is 0 Å². The van der Waals surface area contributed by atoms with Gasteiger partial charge in [-0.1, -0.05) is 0 Å². The summed E-state index contributed by atoms with van der Waals surface area (Å²) in [5.41, 5.74) is 5.66. The van der Waals surface area contributed by atoms with Crippen LogP contribution in [0.2, 0.25) is 0 Å². The van der Waals surface area contributed by atoms with Crippen LogP contribution in [0.5, 0.6) is 0 Å². The second-order valence-electron chi connectivity index (χ2n) is 5.02. The summed E-state index contributed by atoms with van der Waals surface area (Å²) in [4.78, 5) is 16.3. The van der Waals surface area contributed by atoms with Crippen LogP contribution in [0.25, 0.3) is 0 Å². The molecule has 110 valence electrons. The average Bonchev–Trinajstić information content (AvgIpc) is 2.44. The van der Waals surface area contributed by atoms with Gasteiger partial charge in [-0.2, -0.15) is 0 Å². The van der Waals surface area contributed by atoms with Gasteiger partial charge in [0.25, 0.3) is 0 Å². The highest BCUT2D eigenvalue weighted by Crippen LogP contribution is 2.13. The predicted molar refractivity (Wildman–Crippen MR) is 75.0 cm³/mol. The SMILES string of the molecule is CN1CCN(CCOC(=O)c2ccc(F)c(N)c2)CC1. The Hall–Kier alpha value is -1.66. The molecule has 2 N–H and O–H groups in total. The van der Waals surface area contributed by atoms with Crippen LogP contribution in [-0.2, 0) is 4.74 Å². The number of hydrogen-bond donors (Lipinski definition) is 1. The maximum Gasteiger partial charge on any atom is 0.338 e. The Morgan fingerprint density at radius 3 is 2.70 bits per heavy atom. The molecule has 0 saturated carbocycles. The number of nitrogen functional groups attached to an aromatic ring is 1. The minimum atomic E-state index is -0.529. The van der Waals surface area contributed by atoms with Crippen LogP contribution in [0.3, 0.4) is 0 Å². The van der Waals surface area contributed by atoms with Crippen molar-refractivity contribution in [3.63, 3.8) is 0 Å². The van der Waals surface area contributed by atoms with Crippen molar-refractivity contribution in [1.82, 2.24) is 9.80 Å². The van der Waals surface area contributed by atoms with Gasteiger partial charge in [0.05, 0.1) is 11.3 Å². The van der Waals surface area contributed by atoms with Crippen LogP contribution < -0.4 is 5.73 Å². The number of anilines is 1. The Labute approximate surface area is 118 Å². The molecule has 20 heavy (non-hydrogen) atoms. The van der Waals surface area contributed by atoms with Crippen LogP contribution in [-0.4, -0.2) is 62.1 Å². The zero-order valence-corrected chi connectivity index (χ0v) is 11.6.